The monoisotopic (exact) mass is 353 g/mol. The maximum Gasteiger partial charge on any atom is 0.167 e. The molecule has 3 aromatic rings. The van der Waals surface area contributed by atoms with Crippen LogP contribution in [0.1, 0.15) is 24.4 Å². The van der Waals surface area contributed by atoms with E-state index in [1.54, 1.807) is 13.2 Å². The van der Waals surface area contributed by atoms with E-state index < -0.39 is 5.82 Å². The van der Waals surface area contributed by atoms with Crippen LogP contribution in [0.4, 0.5) is 10.2 Å². The second kappa shape index (κ2) is 6.78. The summed E-state index contributed by atoms with van der Waals surface area (Å²) in [5.41, 5.74) is 1.79. The molecule has 0 spiro atoms. The summed E-state index contributed by atoms with van der Waals surface area (Å²) in [6.07, 6.45) is 3.60. The maximum absolute atomic E-state index is 14.0. The first kappa shape index (κ1) is 16.6. The van der Waals surface area contributed by atoms with Crippen molar-refractivity contribution in [1.29, 1.82) is 0 Å². The Balaban J connectivity index is 1.77. The largest absolute Gasteiger partial charge is 0.497 e. The van der Waals surface area contributed by atoms with Gasteiger partial charge in [0.2, 0.25) is 0 Å². The Labute approximate surface area is 151 Å². The second-order valence-corrected chi connectivity index (χ2v) is 6.33. The number of aromatic nitrogens is 2. The molecule has 4 rings (SSSR count). The van der Waals surface area contributed by atoms with Gasteiger partial charge in [-0.1, -0.05) is 12.1 Å². The molecule has 1 aliphatic heterocycles. The highest BCUT2D eigenvalue weighted by molar-refractivity contribution is 5.90. The Morgan fingerprint density at radius 2 is 1.88 bits per heavy atom. The van der Waals surface area contributed by atoms with E-state index in [0.717, 1.165) is 36.3 Å². The molecule has 1 aromatic heterocycles. The molecular formula is C20H20FN3O2. The van der Waals surface area contributed by atoms with Gasteiger partial charge in [0.05, 0.1) is 25.8 Å². The van der Waals surface area contributed by atoms with Crippen molar-refractivity contribution in [2.75, 3.05) is 25.7 Å². The lowest BCUT2D eigenvalue weighted by molar-refractivity contribution is 0.387. The van der Waals surface area contributed by atoms with Crippen molar-refractivity contribution in [3.63, 3.8) is 0 Å². The van der Waals surface area contributed by atoms with Gasteiger partial charge in [-0.05, 0) is 36.6 Å². The van der Waals surface area contributed by atoms with Crippen LogP contribution in [0.15, 0.2) is 42.7 Å². The van der Waals surface area contributed by atoms with Crippen LogP contribution in [0.2, 0.25) is 0 Å². The molecule has 0 saturated carbocycles. The predicted octanol–water partition coefficient (Wildman–Crippen LogP) is 4.13. The van der Waals surface area contributed by atoms with E-state index in [1.807, 2.05) is 12.1 Å². The minimum atomic E-state index is -0.419. The molecule has 5 nitrogen and oxygen atoms in total. The molecule has 134 valence electrons. The van der Waals surface area contributed by atoms with E-state index in [-0.39, 0.29) is 11.8 Å². The fraction of sp³-hybridized carbons (Fsp3) is 0.300. The van der Waals surface area contributed by atoms with Gasteiger partial charge in [0.15, 0.2) is 11.6 Å². The normalized spacial score (nSPS) is 16.9. The molecule has 26 heavy (non-hydrogen) atoms. The lowest BCUT2D eigenvalue weighted by Crippen LogP contribution is -2.24. The van der Waals surface area contributed by atoms with Crippen LogP contribution in [-0.2, 0) is 0 Å². The van der Waals surface area contributed by atoms with Gasteiger partial charge in [0.25, 0.3) is 0 Å². The van der Waals surface area contributed by atoms with Crippen molar-refractivity contribution >= 4 is 16.7 Å². The van der Waals surface area contributed by atoms with E-state index in [9.17, 15) is 4.39 Å². The zero-order valence-electron chi connectivity index (χ0n) is 14.8. The minimum Gasteiger partial charge on any atom is -0.497 e. The van der Waals surface area contributed by atoms with Crippen molar-refractivity contribution in [3.05, 3.63) is 54.1 Å². The molecule has 0 bridgehead atoms. The van der Waals surface area contributed by atoms with Crippen LogP contribution in [-0.4, -0.2) is 30.7 Å². The average Bonchev–Trinajstić information content (AvgIpc) is 3.16. The number of ether oxygens (including phenoxy) is 2. The summed E-state index contributed by atoms with van der Waals surface area (Å²) in [6, 6.07) is 11.4. The standard InChI is InChI=1S/C20H20FN3O2/c1-25-14-7-5-13(6-8-14)18-4-3-9-24(18)20-15-10-19(26-2)16(21)11-17(15)22-12-23-20/h5-8,10-12,18H,3-4,9H2,1-2H3. The van der Waals surface area contributed by atoms with Gasteiger partial charge in [0, 0.05) is 18.0 Å². The number of nitrogens with zero attached hydrogens (tertiary/aromatic N) is 3. The van der Waals surface area contributed by atoms with Gasteiger partial charge in [-0.25, -0.2) is 14.4 Å². The van der Waals surface area contributed by atoms with Gasteiger partial charge in [-0.3, -0.25) is 0 Å². The van der Waals surface area contributed by atoms with Crippen molar-refractivity contribution in [2.24, 2.45) is 0 Å². The fourth-order valence-electron chi connectivity index (χ4n) is 3.62. The van der Waals surface area contributed by atoms with E-state index in [1.165, 1.54) is 25.1 Å². The Bertz CT molecular complexity index is 930. The van der Waals surface area contributed by atoms with Crippen molar-refractivity contribution < 1.29 is 13.9 Å². The molecule has 2 aromatic carbocycles. The van der Waals surface area contributed by atoms with Crippen molar-refractivity contribution in [3.8, 4) is 11.5 Å². The van der Waals surface area contributed by atoms with Gasteiger partial charge >= 0.3 is 0 Å². The molecule has 1 fully saturated rings. The van der Waals surface area contributed by atoms with E-state index in [2.05, 4.69) is 27.0 Å². The number of hydrogen-bond donors (Lipinski definition) is 0. The molecule has 1 aliphatic rings. The maximum atomic E-state index is 14.0. The van der Waals surface area contributed by atoms with Crippen molar-refractivity contribution in [1.82, 2.24) is 9.97 Å². The van der Waals surface area contributed by atoms with E-state index in [0.29, 0.717) is 5.52 Å². The SMILES string of the molecule is COc1ccc(C2CCCN2c2ncnc3cc(F)c(OC)cc23)cc1. The van der Waals surface area contributed by atoms with Crippen LogP contribution in [0, 0.1) is 5.82 Å². The van der Waals surface area contributed by atoms with Crippen LogP contribution in [0.3, 0.4) is 0 Å². The van der Waals surface area contributed by atoms with Crippen LogP contribution >= 0.6 is 0 Å². The minimum absolute atomic E-state index is 0.203. The van der Waals surface area contributed by atoms with E-state index in [4.69, 9.17) is 9.47 Å². The highest BCUT2D eigenvalue weighted by Crippen LogP contribution is 2.39. The molecule has 0 radical (unpaired) electrons. The molecule has 6 heteroatoms. The molecule has 2 heterocycles. The summed E-state index contributed by atoms with van der Waals surface area (Å²) in [6.45, 7) is 0.891. The predicted molar refractivity (Wildman–Crippen MR) is 98.4 cm³/mol. The average molecular weight is 353 g/mol. The number of fused-ring (bicyclic) bond motifs is 1. The molecule has 0 N–H and O–H groups in total. The quantitative estimate of drug-likeness (QED) is 0.706. The molecule has 1 unspecified atom stereocenters. The smallest absolute Gasteiger partial charge is 0.167 e. The first-order valence-electron chi connectivity index (χ1n) is 8.60. The van der Waals surface area contributed by atoms with Crippen molar-refractivity contribution in [2.45, 2.75) is 18.9 Å². The number of halogens is 1. The third-order valence-corrected chi connectivity index (χ3v) is 4.91. The number of hydrogen-bond acceptors (Lipinski definition) is 5. The zero-order valence-corrected chi connectivity index (χ0v) is 14.8. The lowest BCUT2D eigenvalue weighted by atomic mass is 10.0. The van der Waals surface area contributed by atoms with Gasteiger partial charge in [-0.2, -0.15) is 0 Å². The van der Waals surface area contributed by atoms with Gasteiger partial charge < -0.3 is 14.4 Å². The Kier molecular flexibility index (Phi) is 4.32. The first-order chi connectivity index (χ1) is 12.7. The molecule has 1 atom stereocenters. The summed E-state index contributed by atoms with van der Waals surface area (Å²) < 4.78 is 24.4. The Morgan fingerprint density at radius 3 is 2.62 bits per heavy atom. The molecule has 0 amide bonds. The van der Waals surface area contributed by atoms with Gasteiger partial charge in [-0.15, -0.1) is 0 Å². The second-order valence-electron chi connectivity index (χ2n) is 6.33. The number of benzene rings is 2. The number of rotatable bonds is 4. The van der Waals surface area contributed by atoms with E-state index >= 15 is 0 Å². The van der Waals surface area contributed by atoms with Crippen LogP contribution in [0.25, 0.3) is 10.9 Å². The molecule has 0 aliphatic carbocycles. The topological polar surface area (TPSA) is 47.5 Å². The zero-order chi connectivity index (χ0) is 18.1. The van der Waals surface area contributed by atoms with Crippen LogP contribution < -0.4 is 14.4 Å². The Morgan fingerprint density at radius 1 is 1.08 bits per heavy atom. The summed E-state index contributed by atoms with van der Waals surface area (Å²) in [7, 11) is 3.13. The fourth-order valence-corrected chi connectivity index (χ4v) is 3.62. The molecule has 1 saturated heterocycles. The first-order valence-corrected chi connectivity index (χ1v) is 8.60. The Hall–Kier alpha value is -2.89. The third kappa shape index (κ3) is 2.81. The lowest BCUT2D eigenvalue weighted by Gasteiger charge is -2.27. The number of methoxy groups -OCH3 is 2. The summed E-state index contributed by atoms with van der Waals surface area (Å²) in [4.78, 5) is 11.0. The highest BCUT2D eigenvalue weighted by atomic mass is 19.1. The summed E-state index contributed by atoms with van der Waals surface area (Å²) in [5, 5.41) is 0.797. The molecular weight excluding hydrogens is 333 g/mol. The van der Waals surface area contributed by atoms with Crippen LogP contribution in [0.5, 0.6) is 11.5 Å². The highest BCUT2D eigenvalue weighted by Gasteiger charge is 2.28. The summed E-state index contributed by atoms with van der Waals surface area (Å²) in [5.74, 6) is 1.43. The van der Waals surface area contributed by atoms with Gasteiger partial charge in [0.1, 0.15) is 17.9 Å². The third-order valence-electron chi connectivity index (χ3n) is 4.91. The summed E-state index contributed by atoms with van der Waals surface area (Å²) >= 11 is 0. The number of anilines is 1.